The van der Waals surface area contributed by atoms with E-state index in [1.54, 1.807) is 0 Å². The Bertz CT molecular complexity index is 1110. The first-order chi connectivity index (χ1) is 34.6. The Balaban J connectivity index is 3.42. The highest BCUT2D eigenvalue weighted by Crippen LogP contribution is 2.18. The lowest BCUT2D eigenvalue weighted by Crippen LogP contribution is -2.28. The van der Waals surface area contributed by atoms with E-state index in [4.69, 9.17) is 9.47 Å². The first kappa shape index (κ1) is 68.1. The minimum Gasteiger partial charge on any atom is -0.462 e. The quantitative estimate of drug-likeness (QED) is 0.0373. The standard InChI is InChI=1S/C65H122O5/c1-3-5-7-9-11-13-15-17-19-21-23-25-27-29-30-31-32-33-34-36-38-40-42-44-46-48-50-52-54-56-58-60-65(68)70-63(61-66)62-69-64(67)59-57-55-53-51-49-47-45-43-41-39-37-35-28-26-24-22-20-18-16-14-12-10-8-6-4-2/h15,17,21,23,27,29,63,66H,3-14,16,18-20,22,24-26,28,30-62H2,1-2H3/b17-15-,23-21-,29-27-. The number of aliphatic hydroxyl groups excluding tert-OH is 1. The summed E-state index contributed by atoms with van der Waals surface area (Å²) in [6.45, 7) is 4.19. The van der Waals surface area contributed by atoms with Gasteiger partial charge in [-0.25, -0.2) is 0 Å². The molecule has 0 aromatic carbocycles. The molecule has 0 spiro atoms. The molecule has 0 fully saturated rings. The van der Waals surface area contributed by atoms with E-state index in [2.05, 4.69) is 50.3 Å². The topological polar surface area (TPSA) is 72.8 Å². The predicted octanol–water partition coefficient (Wildman–Crippen LogP) is 21.4. The van der Waals surface area contributed by atoms with E-state index in [0.29, 0.717) is 12.8 Å². The Hall–Kier alpha value is -1.88. The highest BCUT2D eigenvalue weighted by molar-refractivity contribution is 5.70. The number of hydrogen-bond acceptors (Lipinski definition) is 5. The molecule has 1 unspecified atom stereocenters. The SMILES string of the molecule is CCCCCCC/C=C\C/C=C\C/C=C\CCCCCCCCCCCCCCCCCCC(=O)OC(CO)COC(=O)CCCCCCCCCCCCCCCCCCCCCCCCCCC. The summed E-state index contributed by atoms with van der Waals surface area (Å²) >= 11 is 0. The predicted molar refractivity (Wildman–Crippen MR) is 307 cm³/mol. The van der Waals surface area contributed by atoms with E-state index in [1.165, 1.54) is 276 Å². The maximum absolute atomic E-state index is 12.3. The second kappa shape index (κ2) is 61.4. The van der Waals surface area contributed by atoms with E-state index in [-0.39, 0.29) is 25.2 Å². The molecule has 5 nitrogen and oxygen atoms in total. The largest absolute Gasteiger partial charge is 0.462 e. The Morgan fingerprint density at radius 1 is 0.329 bits per heavy atom. The van der Waals surface area contributed by atoms with Crippen molar-refractivity contribution in [3.8, 4) is 0 Å². The number of aliphatic hydroxyl groups is 1. The highest BCUT2D eigenvalue weighted by Gasteiger charge is 2.16. The molecule has 412 valence electrons. The molecule has 0 bridgehead atoms. The van der Waals surface area contributed by atoms with Crippen LogP contribution in [0.25, 0.3) is 0 Å². The molecule has 0 aliphatic carbocycles. The van der Waals surface area contributed by atoms with Crippen molar-refractivity contribution in [1.82, 2.24) is 0 Å². The van der Waals surface area contributed by atoms with Crippen LogP contribution in [0.2, 0.25) is 0 Å². The van der Waals surface area contributed by atoms with Gasteiger partial charge >= 0.3 is 11.9 Å². The molecule has 70 heavy (non-hydrogen) atoms. The second-order valence-electron chi connectivity index (χ2n) is 21.5. The van der Waals surface area contributed by atoms with Gasteiger partial charge < -0.3 is 14.6 Å². The number of esters is 2. The zero-order valence-corrected chi connectivity index (χ0v) is 47.3. The molecule has 0 saturated heterocycles. The van der Waals surface area contributed by atoms with E-state index < -0.39 is 6.10 Å². The molecule has 0 aliphatic rings. The molecule has 5 heteroatoms. The van der Waals surface area contributed by atoms with Crippen LogP contribution in [-0.4, -0.2) is 36.4 Å². The average molecular weight is 984 g/mol. The number of carbonyl (C=O) groups is 2. The Morgan fingerprint density at radius 3 is 0.857 bits per heavy atom. The lowest BCUT2D eigenvalue weighted by Gasteiger charge is -2.15. The van der Waals surface area contributed by atoms with Crippen LogP contribution in [0.3, 0.4) is 0 Å². The van der Waals surface area contributed by atoms with Gasteiger partial charge in [0.25, 0.3) is 0 Å². The van der Waals surface area contributed by atoms with Crippen LogP contribution < -0.4 is 0 Å². The van der Waals surface area contributed by atoms with E-state index in [0.717, 1.165) is 44.9 Å². The number of unbranched alkanes of at least 4 members (excludes halogenated alkanes) is 45. The van der Waals surface area contributed by atoms with Crippen LogP contribution in [0.4, 0.5) is 0 Å². The molecule has 0 rings (SSSR count). The summed E-state index contributed by atoms with van der Waals surface area (Å²) < 4.78 is 10.7. The van der Waals surface area contributed by atoms with Gasteiger partial charge in [0.1, 0.15) is 6.61 Å². The lowest BCUT2D eigenvalue weighted by atomic mass is 10.0. The molecule has 0 aromatic heterocycles. The summed E-state index contributed by atoms with van der Waals surface area (Å²) in [5, 5.41) is 9.68. The van der Waals surface area contributed by atoms with Gasteiger partial charge in [0.05, 0.1) is 6.61 Å². The minimum absolute atomic E-state index is 0.0598. The average Bonchev–Trinajstić information content (AvgIpc) is 3.36. The van der Waals surface area contributed by atoms with Crippen molar-refractivity contribution in [2.45, 2.75) is 354 Å². The van der Waals surface area contributed by atoms with Gasteiger partial charge in [-0.1, -0.05) is 320 Å². The lowest BCUT2D eigenvalue weighted by molar-refractivity contribution is -0.161. The fraction of sp³-hybridized carbons (Fsp3) is 0.877. The summed E-state index contributed by atoms with van der Waals surface area (Å²) in [4.78, 5) is 24.6. The van der Waals surface area contributed by atoms with Crippen LogP contribution in [-0.2, 0) is 19.1 Å². The normalized spacial score (nSPS) is 12.3. The van der Waals surface area contributed by atoms with Crippen molar-refractivity contribution in [3.63, 3.8) is 0 Å². The summed E-state index contributed by atoms with van der Waals surface area (Å²) in [5.41, 5.74) is 0. The van der Waals surface area contributed by atoms with Gasteiger partial charge in [0, 0.05) is 12.8 Å². The van der Waals surface area contributed by atoms with Crippen LogP contribution >= 0.6 is 0 Å². The molecule has 1 atom stereocenters. The molecular weight excluding hydrogens is 861 g/mol. The van der Waals surface area contributed by atoms with Crippen molar-refractivity contribution >= 4 is 11.9 Å². The first-order valence-corrected chi connectivity index (χ1v) is 31.5. The molecule has 0 aliphatic heterocycles. The van der Waals surface area contributed by atoms with Crippen LogP contribution in [0, 0.1) is 0 Å². The Kier molecular flexibility index (Phi) is 59.8. The molecule has 0 amide bonds. The van der Waals surface area contributed by atoms with Gasteiger partial charge in [-0.15, -0.1) is 0 Å². The monoisotopic (exact) mass is 983 g/mol. The molecular formula is C65H122O5. The zero-order chi connectivity index (χ0) is 50.6. The highest BCUT2D eigenvalue weighted by atomic mass is 16.6. The van der Waals surface area contributed by atoms with Crippen molar-refractivity contribution in [2.24, 2.45) is 0 Å². The molecule has 0 aromatic rings. The Labute approximate surface area is 437 Å². The number of allylic oxidation sites excluding steroid dienone is 6. The molecule has 0 saturated carbocycles. The van der Waals surface area contributed by atoms with Crippen molar-refractivity contribution in [3.05, 3.63) is 36.5 Å². The number of carbonyl (C=O) groups excluding carboxylic acids is 2. The van der Waals surface area contributed by atoms with E-state index >= 15 is 0 Å². The van der Waals surface area contributed by atoms with Crippen molar-refractivity contribution in [2.75, 3.05) is 13.2 Å². The first-order valence-electron chi connectivity index (χ1n) is 31.5. The molecule has 0 heterocycles. The van der Waals surface area contributed by atoms with Crippen LogP contribution in [0.15, 0.2) is 36.5 Å². The fourth-order valence-electron chi connectivity index (χ4n) is 9.69. The van der Waals surface area contributed by atoms with Crippen molar-refractivity contribution in [1.29, 1.82) is 0 Å². The van der Waals surface area contributed by atoms with Gasteiger partial charge in [0.15, 0.2) is 6.10 Å². The summed E-state index contributed by atoms with van der Waals surface area (Å²) in [6, 6.07) is 0. The van der Waals surface area contributed by atoms with Crippen LogP contribution in [0.5, 0.6) is 0 Å². The summed E-state index contributed by atoms with van der Waals surface area (Å²) in [7, 11) is 0. The third-order valence-corrected chi connectivity index (χ3v) is 14.4. The summed E-state index contributed by atoms with van der Waals surface area (Å²) in [6.07, 6.45) is 80.0. The fourth-order valence-corrected chi connectivity index (χ4v) is 9.69. The zero-order valence-electron chi connectivity index (χ0n) is 47.3. The third kappa shape index (κ3) is 58.7. The smallest absolute Gasteiger partial charge is 0.306 e. The second-order valence-corrected chi connectivity index (χ2v) is 21.5. The molecule has 1 N–H and O–H groups in total. The van der Waals surface area contributed by atoms with Crippen molar-refractivity contribution < 1.29 is 24.2 Å². The Morgan fingerprint density at radius 2 is 0.571 bits per heavy atom. The molecule has 0 radical (unpaired) electrons. The number of hydrogen-bond donors (Lipinski definition) is 1. The van der Waals surface area contributed by atoms with E-state index in [1.807, 2.05) is 0 Å². The van der Waals surface area contributed by atoms with E-state index in [9.17, 15) is 14.7 Å². The minimum atomic E-state index is -0.770. The maximum atomic E-state index is 12.3. The number of rotatable bonds is 59. The van der Waals surface area contributed by atoms with Crippen LogP contribution in [0.1, 0.15) is 348 Å². The van der Waals surface area contributed by atoms with Gasteiger partial charge in [-0.3, -0.25) is 9.59 Å². The number of ether oxygens (including phenoxy) is 2. The van der Waals surface area contributed by atoms with Gasteiger partial charge in [-0.2, -0.15) is 0 Å². The summed E-state index contributed by atoms with van der Waals surface area (Å²) in [5.74, 6) is -0.569. The van der Waals surface area contributed by atoms with Gasteiger partial charge in [-0.05, 0) is 51.4 Å². The maximum Gasteiger partial charge on any atom is 0.306 e. The third-order valence-electron chi connectivity index (χ3n) is 14.4. The van der Waals surface area contributed by atoms with Gasteiger partial charge in [0.2, 0.25) is 0 Å².